The van der Waals surface area contributed by atoms with Crippen LogP contribution in [0.4, 0.5) is 0 Å². The highest BCUT2D eigenvalue weighted by Gasteiger charge is 2.21. The molecule has 3 aromatic carbocycles. The smallest absolute Gasteiger partial charge is 0.254 e. The summed E-state index contributed by atoms with van der Waals surface area (Å²) in [4.78, 5) is 14.7. The summed E-state index contributed by atoms with van der Waals surface area (Å²) >= 11 is 0. The number of rotatable bonds is 2. The van der Waals surface area contributed by atoms with Gasteiger partial charge in [0, 0.05) is 17.7 Å². The number of ether oxygens (including phenoxy) is 1. The van der Waals surface area contributed by atoms with Gasteiger partial charge in [-0.25, -0.2) is 0 Å². The molecule has 4 nitrogen and oxygen atoms in total. The van der Waals surface area contributed by atoms with E-state index < -0.39 is 0 Å². The molecule has 1 N–H and O–H groups in total. The molecule has 0 aromatic heterocycles. The van der Waals surface area contributed by atoms with Crippen LogP contribution in [0, 0.1) is 6.92 Å². The molecule has 4 heteroatoms. The van der Waals surface area contributed by atoms with E-state index in [0.29, 0.717) is 25.3 Å². The average Bonchev–Trinajstić information content (AvgIpc) is 2.90. The molecule has 0 aliphatic carbocycles. The van der Waals surface area contributed by atoms with E-state index in [4.69, 9.17) is 4.74 Å². The van der Waals surface area contributed by atoms with E-state index >= 15 is 0 Å². The van der Waals surface area contributed by atoms with Crippen LogP contribution in [0.25, 0.3) is 11.1 Å². The fourth-order valence-electron chi connectivity index (χ4n) is 3.31. The molecule has 0 atom stereocenters. The van der Waals surface area contributed by atoms with Crippen LogP contribution in [-0.4, -0.2) is 29.1 Å². The molecule has 1 aliphatic heterocycles. The molecule has 1 aliphatic rings. The predicted octanol–water partition coefficient (Wildman–Crippen LogP) is 4.40. The Morgan fingerprint density at radius 2 is 1.78 bits per heavy atom. The summed E-state index contributed by atoms with van der Waals surface area (Å²) in [5, 5.41) is 9.74. The van der Waals surface area contributed by atoms with Gasteiger partial charge in [0.05, 0.1) is 6.54 Å². The number of nitrogens with zero attached hydrogens (tertiary/aromatic N) is 1. The van der Waals surface area contributed by atoms with E-state index in [9.17, 15) is 9.90 Å². The van der Waals surface area contributed by atoms with Crippen LogP contribution in [0.3, 0.4) is 0 Å². The van der Waals surface area contributed by atoms with E-state index in [1.807, 2.05) is 66.4 Å². The van der Waals surface area contributed by atoms with Crippen LogP contribution in [0.1, 0.15) is 21.5 Å². The van der Waals surface area contributed by atoms with Crippen molar-refractivity contribution >= 4 is 5.91 Å². The number of amides is 1. The first kappa shape index (κ1) is 17.2. The second-order valence-corrected chi connectivity index (χ2v) is 6.81. The monoisotopic (exact) mass is 359 g/mol. The Labute approximate surface area is 158 Å². The molecule has 27 heavy (non-hydrogen) atoms. The minimum Gasteiger partial charge on any atom is -0.508 e. The number of aromatic hydroxyl groups is 1. The van der Waals surface area contributed by atoms with Gasteiger partial charge in [-0.15, -0.1) is 0 Å². The Morgan fingerprint density at radius 1 is 1.00 bits per heavy atom. The third-order valence-electron chi connectivity index (χ3n) is 4.81. The van der Waals surface area contributed by atoms with Crippen molar-refractivity contribution in [1.29, 1.82) is 0 Å². The number of carbonyl (C=O) groups excluding carboxylic acids is 1. The van der Waals surface area contributed by atoms with Crippen molar-refractivity contribution in [1.82, 2.24) is 4.90 Å². The molecule has 0 radical (unpaired) electrons. The highest BCUT2D eigenvalue weighted by Crippen LogP contribution is 2.31. The maximum atomic E-state index is 12.9. The Morgan fingerprint density at radius 3 is 2.56 bits per heavy atom. The highest BCUT2D eigenvalue weighted by molar-refractivity contribution is 5.94. The molecule has 136 valence electrons. The summed E-state index contributed by atoms with van der Waals surface area (Å²) in [6.07, 6.45) is 0. The maximum absolute atomic E-state index is 12.9. The van der Waals surface area contributed by atoms with E-state index in [1.54, 1.807) is 12.1 Å². The summed E-state index contributed by atoms with van der Waals surface area (Å²) in [7, 11) is 0. The lowest BCUT2D eigenvalue weighted by atomic mass is 10.0. The van der Waals surface area contributed by atoms with Gasteiger partial charge in [0.15, 0.2) is 0 Å². The van der Waals surface area contributed by atoms with Crippen molar-refractivity contribution in [3.63, 3.8) is 0 Å². The predicted molar refractivity (Wildman–Crippen MR) is 105 cm³/mol. The first-order valence-electron chi connectivity index (χ1n) is 9.01. The summed E-state index contributed by atoms with van der Waals surface area (Å²) in [5.41, 5.74) is 4.70. The zero-order valence-corrected chi connectivity index (χ0v) is 15.2. The van der Waals surface area contributed by atoms with Gasteiger partial charge >= 0.3 is 0 Å². The van der Waals surface area contributed by atoms with Crippen molar-refractivity contribution in [2.45, 2.75) is 13.5 Å². The van der Waals surface area contributed by atoms with Crippen LogP contribution in [0.5, 0.6) is 11.5 Å². The number of aryl methyl sites for hydroxylation is 1. The number of fused-ring (bicyclic) bond motifs is 1. The standard InChI is InChI=1S/C23H21NO3/c1-16-5-7-17(8-6-16)23(26)24-11-12-27-22-10-9-19(13-20(22)15-24)18-3-2-4-21(25)14-18/h2-10,13-14,25H,11-12,15H2,1H3. The molecular weight excluding hydrogens is 338 g/mol. The van der Waals surface area contributed by atoms with E-state index in [1.165, 1.54) is 0 Å². The maximum Gasteiger partial charge on any atom is 0.254 e. The number of phenols is 1. The van der Waals surface area contributed by atoms with Gasteiger partial charge in [0.25, 0.3) is 5.91 Å². The number of carbonyl (C=O) groups is 1. The fourth-order valence-corrected chi connectivity index (χ4v) is 3.31. The van der Waals surface area contributed by atoms with E-state index in [-0.39, 0.29) is 11.7 Å². The van der Waals surface area contributed by atoms with E-state index in [0.717, 1.165) is 28.0 Å². The first-order valence-corrected chi connectivity index (χ1v) is 9.01. The molecule has 0 unspecified atom stereocenters. The molecule has 0 bridgehead atoms. The average molecular weight is 359 g/mol. The summed E-state index contributed by atoms with van der Waals surface area (Å²) in [6.45, 7) is 3.51. The summed E-state index contributed by atoms with van der Waals surface area (Å²) in [5.74, 6) is 1.04. The second kappa shape index (κ2) is 7.16. The summed E-state index contributed by atoms with van der Waals surface area (Å²) in [6, 6.07) is 20.7. The third kappa shape index (κ3) is 3.65. The van der Waals surface area contributed by atoms with Crippen LogP contribution >= 0.6 is 0 Å². The molecule has 1 amide bonds. The van der Waals surface area contributed by atoms with Gasteiger partial charge in [-0.1, -0.05) is 35.9 Å². The molecule has 4 rings (SSSR count). The van der Waals surface area contributed by atoms with Crippen LogP contribution in [0.15, 0.2) is 66.7 Å². The second-order valence-electron chi connectivity index (χ2n) is 6.81. The van der Waals surface area contributed by atoms with Crippen molar-refractivity contribution in [2.75, 3.05) is 13.2 Å². The number of benzene rings is 3. The fraction of sp³-hybridized carbons (Fsp3) is 0.174. The van der Waals surface area contributed by atoms with Crippen LogP contribution < -0.4 is 4.74 Å². The first-order chi connectivity index (χ1) is 13.1. The Balaban J connectivity index is 1.63. The zero-order valence-electron chi connectivity index (χ0n) is 15.2. The number of hydrogen-bond acceptors (Lipinski definition) is 3. The molecule has 0 saturated carbocycles. The van der Waals surface area contributed by atoms with Crippen molar-refractivity contribution in [3.05, 3.63) is 83.4 Å². The molecule has 1 heterocycles. The number of hydrogen-bond donors (Lipinski definition) is 1. The van der Waals surface area contributed by atoms with Crippen LogP contribution in [0.2, 0.25) is 0 Å². The quantitative estimate of drug-likeness (QED) is 0.738. The molecule has 0 spiro atoms. The third-order valence-corrected chi connectivity index (χ3v) is 4.81. The van der Waals surface area contributed by atoms with Gasteiger partial charge < -0.3 is 14.7 Å². The van der Waals surface area contributed by atoms with E-state index in [2.05, 4.69) is 0 Å². The Bertz CT molecular complexity index is 979. The summed E-state index contributed by atoms with van der Waals surface area (Å²) < 4.78 is 5.86. The normalized spacial score (nSPS) is 13.4. The minimum absolute atomic E-state index is 0.00853. The molecule has 3 aromatic rings. The van der Waals surface area contributed by atoms with Gasteiger partial charge in [-0.05, 0) is 54.4 Å². The van der Waals surface area contributed by atoms with Crippen molar-refractivity contribution < 1.29 is 14.6 Å². The largest absolute Gasteiger partial charge is 0.508 e. The lowest BCUT2D eigenvalue weighted by Crippen LogP contribution is -2.32. The highest BCUT2D eigenvalue weighted by atomic mass is 16.5. The topological polar surface area (TPSA) is 49.8 Å². The lowest BCUT2D eigenvalue weighted by molar-refractivity contribution is 0.0733. The molecule has 0 saturated heterocycles. The lowest BCUT2D eigenvalue weighted by Gasteiger charge is -2.20. The van der Waals surface area contributed by atoms with Gasteiger partial charge in [-0.3, -0.25) is 4.79 Å². The Kier molecular flexibility index (Phi) is 4.55. The van der Waals surface area contributed by atoms with Gasteiger partial charge in [-0.2, -0.15) is 0 Å². The Hall–Kier alpha value is -3.27. The van der Waals surface area contributed by atoms with Crippen molar-refractivity contribution in [3.8, 4) is 22.6 Å². The van der Waals surface area contributed by atoms with Crippen molar-refractivity contribution in [2.24, 2.45) is 0 Å². The minimum atomic E-state index is 0.00853. The van der Waals surface area contributed by atoms with Gasteiger partial charge in [0.2, 0.25) is 0 Å². The molecule has 0 fully saturated rings. The van der Waals surface area contributed by atoms with Gasteiger partial charge in [0.1, 0.15) is 18.1 Å². The van der Waals surface area contributed by atoms with Crippen LogP contribution in [-0.2, 0) is 6.54 Å². The SMILES string of the molecule is Cc1ccc(C(=O)N2CCOc3ccc(-c4cccc(O)c4)cc3C2)cc1. The molecular formula is C23H21NO3. The zero-order chi connectivity index (χ0) is 18.8. The number of phenolic OH excluding ortho intramolecular Hbond substituents is 1.